The molecule has 0 fully saturated rings. The molecule has 5 heteroatoms. The van der Waals surface area contributed by atoms with Gasteiger partial charge in [0.05, 0.1) is 10.7 Å². The number of hydrogen-bond acceptors (Lipinski definition) is 3. The number of halogens is 1. The summed E-state index contributed by atoms with van der Waals surface area (Å²) >= 11 is 5.34. The van der Waals surface area contributed by atoms with Gasteiger partial charge < -0.3 is 5.73 Å². The van der Waals surface area contributed by atoms with Crippen molar-refractivity contribution in [2.24, 2.45) is 12.8 Å². The Balaban J connectivity index is 2.18. The lowest BCUT2D eigenvalue weighted by Crippen LogP contribution is -2.17. The van der Waals surface area contributed by atoms with E-state index in [0.717, 1.165) is 21.6 Å². The predicted molar refractivity (Wildman–Crippen MR) is 83.6 cm³/mol. The number of nitrogens with zero attached hydrogens (tertiary/aromatic N) is 2. The van der Waals surface area contributed by atoms with Crippen molar-refractivity contribution in [3.63, 3.8) is 0 Å². The molecule has 0 radical (unpaired) electrons. The lowest BCUT2D eigenvalue weighted by Gasteiger charge is -2.09. The van der Waals surface area contributed by atoms with Crippen molar-refractivity contribution < 1.29 is 0 Å². The Kier molecular flexibility index (Phi) is 4.71. The van der Waals surface area contributed by atoms with E-state index < -0.39 is 0 Å². The van der Waals surface area contributed by atoms with Gasteiger partial charge in [-0.2, -0.15) is 5.10 Å². The van der Waals surface area contributed by atoms with Crippen LogP contribution < -0.4 is 5.73 Å². The first-order valence-corrected chi connectivity index (χ1v) is 7.79. The van der Waals surface area contributed by atoms with Crippen LogP contribution >= 0.6 is 27.7 Å². The Morgan fingerprint density at radius 1 is 1.42 bits per heavy atom. The average Bonchev–Trinajstić information content (AvgIpc) is 2.61. The lowest BCUT2D eigenvalue weighted by molar-refractivity contribution is 0.692. The minimum atomic E-state index is 0.175. The van der Waals surface area contributed by atoms with Crippen LogP contribution in [0.2, 0.25) is 0 Å². The van der Waals surface area contributed by atoms with Crippen molar-refractivity contribution in [1.82, 2.24) is 9.78 Å². The maximum absolute atomic E-state index is 5.84. The highest BCUT2D eigenvalue weighted by Crippen LogP contribution is 2.31. The minimum Gasteiger partial charge on any atom is -0.328 e. The molecular formula is C14H18BrN3S. The molecule has 2 rings (SSSR count). The molecule has 0 aliphatic rings. The molecule has 0 bridgehead atoms. The molecule has 0 saturated carbocycles. The van der Waals surface area contributed by atoms with Crippen molar-refractivity contribution in [2.45, 2.75) is 36.2 Å². The van der Waals surface area contributed by atoms with Gasteiger partial charge in [0.15, 0.2) is 0 Å². The first kappa shape index (κ1) is 14.6. The second-order valence-electron chi connectivity index (χ2n) is 4.78. The van der Waals surface area contributed by atoms with Gasteiger partial charge in [-0.15, -0.1) is 0 Å². The van der Waals surface area contributed by atoms with Crippen LogP contribution in [0.3, 0.4) is 0 Å². The first-order valence-electron chi connectivity index (χ1n) is 6.18. The molecule has 2 aromatic rings. The molecule has 102 valence electrons. The lowest BCUT2D eigenvalue weighted by atomic mass is 10.1. The van der Waals surface area contributed by atoms with Crippen LogP contribution in [0.1, 0.15) is 18.2 Å². The predicted octanol–water partition coefficient (Wildman–Crippen LogP) is 3.53. The minimum absolute atomic E-state index is 0.175. The van der Waals surface area contributed by atoms with Crippen LogP contribution in [0.15, 0.2) is 38.7 Å². The van der Waals surface area contributed by atoms with E-state index in [9.17, 15) is 0 Å². The number of rotatable bonds is 4. The van der Waals surface area contributed by atoms with Gasteiger partial charge in [-0.25, -0.2) is 0 Å². The Morgan fingerprint density at radius 2 is 2.16 bits per heavy atom. The normalized spacial score (nSPS) is 12.7. The van der Waals surface area contributed by atoms with Gasteiger partial charge in [0.25, 0.3) is 0 Å². The molecule has 1 atom stereocenters. The Bertz CT molecular complexity index is 578. The Morgan fingerprint density at radius 3 is 2.68 bits per heavy atom. The maximum Gasteiger partial charge on any atom is 0.0986 e. The van der Waals surface area contributed by atoms with E-state index in [0.29, 0.717) is 0 Å². The zero-order chi connectivity index (χ0) is 14.0. The third-order valence-electron chi connectivity index (χ3n) is 2.75. The molecule has 1 unspecified atom stereocenters. The van der Waals surface area contributed by atoms with E-state index in [-0.39, 0.29) is 6.04 Å². The van der Waals surface area contributed by atoms with Gasteiger partial charge in [0, 0.05) is 22.5 Å². The fourth-order valence-corrected chi connectivity index (χ4v) is 3.56. The summed E-state index contributed by atoms with van der Waals surface area (Å²) in [6, 6.07) is 8.68. The van der Waals surface area contributed by atoms with Crippen LogP contribution in [-0.2, 0) is 13.5 Å². The van der Waals surface area contributed by atoms with E-state index >= 15 is 0 Å². The Hall–Kier alpha value is -0.780. The number of hydrogen-bond donors (Lipinski definition) is 1. The highest BCUT2D eigenvalue weighted by Gasteiger charge is 2.08. The Labute approximate surface area is 126 Å². The van der Waals surface area contributed by atoms with Crippen molar-refractivity contribution >= 4 is 27.7 Å². The number of nitrogens with two attached hydrogens (primary N) is 1. The molecule has 0 spiro atoms. The van der Waals surface area contributed by atoms with Crippen molar-refractivity contribution in [3.05, 3.63) is 40.0 Å². The van der Waals surface area contributed by atoms with Crippen LogP contribution in [0.4, 0.5) is 0 Å². The van der Waals surface area contributed by atoms with Crippen molar-refractivity contribution in [2.75, 3.05) is 0 Å². The van der Waals surface area contributed by atoms with Gasteiger partial charge in [0.2, 0.25) is 0 Å². The van der Waals surface area contributed by atoms with Crippen molar-refractivity contribution in [3.8, 4) is 0 Å². The summed E-state index contributed by atoms with van der Waals surface area (Å²) in [5, 5.41) is 5.50. The molecule has 0 aliphatic carbocycles. The van der Waals surface area contributed by atoms with E-state index in [1.54, 1.807) is 11.8 Å². The van der Waals surface area contributed by atoms with Crippen LogP contribution in [-0.4, -0.2) is 15.8 Å². The summed E-state index contributed by atoms with van der Waals surface area (Å²) in [5.74, 6) is 0. The van der Waals surface area contributed by atoms with Crippen LogP contribution in [0.25, 0.3) is 0 Å². The van der Waals surface area contributed by atoms with E-state index in [2.05, 4.69) is 45.3 Å². The highest BCUT2D eigenvalue weighted by atomic mass is 79.9. The summed E-state index contributed by atoms with van der Waals surface area (Å²) in [7, 11) is 1.97. The van der Waals surface area contributed by atoms with Gasteiger partial charge in [-0.1, -0.05) is 33.8 Å². The van der Waals surface area contributed by atoms with Gasteiger partial charge in [-0.3, -0.25) is 4.68 Å². The van der Waals surface area contributed by atoms with E-state index in [1.165, 1.54) is 10.5 Å². The number of benzene rings is 1. The SMILES string of the molecule is Cc1cc(Sc2ccc(CC(C)N)c(Br)c2)n(C)n1. The molecule has 2 N–H and O–H groups in total. The third kappa shape index (κ3) is 3.84. The molecule has 0 saturated heterocycles. The monoisotopic (exact) mass is 339 g/mol. The van der Waals surface area contributed by atoms with E-state index in [4.69, 9.17) is 5.73 Å². The number of aromatic nitrogens is 2. The summed E-state index contributed by atoms with van der Waals surface area (Å²) in [6.45, 7) is 4.03. The zero-order valence-electron chi connectivity index (χ0n) is 11.4. The zero-order valence-corrected chi connectivity index (χ0v) is 13.8. The fourth-order valence-electron chi connectivity index (χ4n) is 1.91. The van der Waals surface area contributed by atoms with Crippen LogP contribution in [0, 0.1) is 6.92 Å². The fraction of sp³-hybridized carbons (Fsp3) is 0.357. The largest absolute Gasteiger partial charge is 0.328 e. The second kappa shape index (κ2) is 6.11. The summed E-state index contributed by atoms with van der Waals surface area (Å²) in [6.07, 6.45) is 0.885. The summed E-state index contributed by atoms with van der Waals surface area (Å²) in [5.41, 5.74) is 8.13. The van der Waals surface area contributed by atoms with Crippen LogP contribution in [0.5, 0.6) is 0 Å². The first-order chi connectivity index (χ1) is 8.95. The molecule has 1 aromatic carbocycles. The molecule has 19 heavy (non-hydrogen) atoms. The molecule has 1 aromatic heterocycles. The molecule has 1 heterocycles. The standard InChI is InChI=1S/C14H18BrN3S/c1-9(16)6-11-4-5-12(8-13(11)15)19-14-7-10(2)17-18(14)3/h4-5,7-9H,6,16H2,1-3H3. The van der Waals surface area contributed by atoms with Crippen molar-refractivity contribution in [1.29, 1.82) is 0 Å². The van der Waals surface area contributed by atoms with E-state index in [1.807, 2.05) is 25.6 Å². The van der Waals surface area contributed by atoms with Gasteiger partial charge >= 0.3 is 0 Å². The second-order valence-corrected chi connectivity index (χ2v) is 6.73. The summed E-state index contributed by atoms with van der Waals surface area (Å²) < 4.78 is 3.03. The summed E-state index contributed by atoms with van der Waals surface area (Å²) in [4.78, 5) is 1.20. The third-order valence-corrected chi connectivity index (χ3v) is 4.57. The highest BCUT2D eigenvalue weighted by molar-refractivity contribution is 9.10. The number of aryl methyl sites for hydroxylation is 2. The average molecular weight is 340 g/mol. The molecule has 0 amide bonds. The smallest absolute Gasteiger partial charge is 0.0986 e. The van der Waals surface area contributed by atoms with Gasteiger partial charge in [-0.05, 0) is 44.0 Å². The molecule has 3 nitrogen and oxygen atoms in total. The maximum atomic E-state index is 5.84. The quantitative estimate of drug-likeness (QED) is 0.926. The molecular weight excluding hydrogens is 322 g/mol. The molecule has 0 aliphatic heterocycles. The van der Waals surface area contributed by atoms with Gasteiger partial charge in [0.1, 0.15) is 0 Å². The topological polar surface area (TPSA) is 43.8 Å².